The second kappa shape index (κ2) is 9.20. The highest BCUT2D eigenvalue weighted by Crippen LogP contribution is 2.36. The van der Waals surface area contributed by atoms with Crippen molar-refractivity contribution in [1.82, 2.24) is 0 Å². The summed E-state index contributed by atoms with van der Waals surface area (Å²) in [4.78, 5) is 16.7. The summed E-state index contributed by atoms with van der Waals surface area (Å²) in [6.07, 6.45) is 1.70. The van der Waals surface area contributed by atoms with Crippen molar-refractivity contribution in [1.29, 1.82) is 0 Å². The van der Waals surface area contributed by atoms with Gasteiger partial charge < -0.3 is 9.47 Å². The third-order valence-corrected chi connectivity index (χ3v) is 6.05. The molecule has 0 fully saturated rings. The molecule has 1 aliphatic rings. The summed E-state index contributed by atoms with van der Waals surface area (Å²) >= 11 is 7.15. The molecule has 0 atom stereocenters. The Bertz CT molecular complexity index is 1190. The van der Waals surface area contributed by atoms with Gasteiger partial charge in [-0.25, -0.2) is 9.79 Å². The second-order valence-corrected chi connectivity index (χ2v) is 8.94. The zero-order valence-electron chi connectivity index (χ0n) is 17.0. The lowest BCUT2D eigenvalue weighted by molar-refractivity contribution is -0.129. The first-order valence-corrected chi connectivity index (χ1v) is 11.3. The van der Waals surface area contributed by atoms with Gasteiger partial charge >= 0.3 is 5.97 Å². The Morgan fingerprint density at radius 1 is 1.00 bits per heavy atom. The van der Waals surface area contributed by atoms with E-state index in [0.717, 1.165) is 31.2 Å². The first kappa shape index (κ1) is 21.5. The molecular weight excluding hydrogens is 522 g/mol. The fourth-order valence-corrected chi connectivity index (χ4v) is 4.56. The summed E-state index contributed by atoms with van der Waals surface area (Å²) in [5.74, 6) is 0.540. The fourth-order valence-electron chi connectivity index (χ4n) is 3.11. The number of carbonyl (C=O) groups is 1. The smallest absolute Gasteiger partial charge is 0.363 e. The Labute approximate surface area is 197 Å². The number of halogens is 2. The molecule has 1 heterocycles. The summed E-state index contributed by atoms with van der Waals surface area (Å²) in [6.45, 7) is 4.52. The molecule has 0 saturated carbocycles. The second-order valence-electron chi connectivity index (χ2n) is 7.23. The number of ether oxygens (including phenoxy) is 2. The van der Waals surface area contributed by atoms with Gasteiger partial charge in [0.05, 0.1) is 8.95 Å². The maximum absolute atomic E-state index is 12.3. The largest absolute Gasteiger partial charge is 0.487 e. The minimum absolute atomic E-state index is 0.253. The van der Waals surface area contributed by atoms with Gasteiger partial charge in [0, 0.05) is 5.56 Å². The van der Waals surface area contributed by atoms with E-state index in [1.165, 1.54) is 5.56 Å². The van der Waals surface area contributed by atoms with Gasteiger partial charge in [-0.1, -0.05) is 42.0 Å². The highest BCUT2D eigenvalue weighted by atomic mass is 79.9. The van der Waals surface area contributed by atoms with Gasteiger partial charge in [-0.3, -0.25) is 0 Å². The molecular formula is C25H19Br2NO3. The topological polar surface area (TPSA) is 47.9 Å². The van der Waals surface area contributed by atoms with Crippen molar-refractivity contribution >= 4 is 49.8 Å². The molecule has 0 aromatic heterocycles. The molecule has 0 N–H and O–H groups in total. The minimum Gasteiger partial charge on any atom is -0.487 e. The number of cyclic esters (lactones) is 1. The molecule has 6 heteroatoms. The first-order chi connectivity index (χ1) is 14.9. The SMILES string of the molecule is Cc1ccc(C2=N/C(=C\c3cc(Br)c(OCc4ccccc4C)c(Br)c3)C(=O)O2)cc1. The number of hydrogen-bond donors (Lipinski definition) is 0. The maximum Gasteiger partial charge on any atom is 0.363 e. The third kappa shape index (κ3) is 4.97. The standard InChI is InChI=1S/C25H19Br2NO3/c1-15-7-9-18(10-8-15)24-28-22(25(29)31-24)13-17-11-20(26)23(21(27)12-17)30-14-19-6-4-3-5-16(19)2/h3-13H,14H2,1-2H3/b22-13-. The zero-order chi connectivity index (χ0) is 22.0. The van der Waals surface area contributed by atoms with Crippen LogP contribution in [0.5, 0.6) is 5.75 Å². The van der Waals surface area contributed by atoms with Crippen LogP contribution in [0.3, 0.4) is 0 Å². The van der Waals surface area contributed by atoms with E-state index >= 15 is 0 Å². The first-order valence-electron chi connectivity index (χ1n) is 9.66. The van der Waals surface area contributed by atoms with Crippen LogP contribution in [0.4, 0.5) is 0 Å². The maximum atomic E-state index is 12.3. The van der Waals surface area contributed by atoms with E-state index in [1.807, 2.05) is 61.5 Å². The molecule has 31 heavy (non-hydrogen) atoms. The Balaban J connectivity index is 1.56. The van der Waals surface area contributed by atoms with Crippen LogP contribution in [0.1, 0.15) is 27.8 Å². The molecule has 0 amide bonds. The predicted molar refractivity (Wildman–Crippen MR) is 129 cm³/mol. The Morgan fingerprint density at radius 2 is 1.68 bits per heavy atom. The van der Waals surface area contributed by atoms with Gasteiger partial charge in [0.25, 0.3) is 0 Å². The number of esters is 1. The van der Waals surface area contributed by atoms with Gasteiger partial charge in [0.15, 0.2) is 5.70 Å². The van der Waals surface area contributed by atoms with E-state index in [2.05, 4.69) is 49.8 Å². The van der Waals surface area contributed by atoms with Gasteiger partial charge in [-0.05, 0) is 92.7 Å². The lowest BCUT2D eigenvalue weighted by Gasteiger charge is -2.12. The van der Waals surface area contributed by atoms with Crippen LogP contribution in [0.25, 0.3) is 6.08 Å². The van der Waals surface area contributed by atoms with Crippen LogP contribution in [0, 0.1) is 13.8 Å². The quantitative estimate of drug-likeness (QED) is 0.265. The van der Waals surface area contributed by atoms with Gasteiger partial charge in [0.2, 0.25) is 5.90 Å². The third-order valence-electron chi connectivity index (χ3n) is 4.88. The van der Waals surface area contributed by atoms with Crippen molar-refractivity contribution in [2.45, 2.75) is 20.5 Å². The minimum atomic E-state index is -0.470. The summed E-state index contributed by atoms with van der Waals surface area (Å²) < 4.78 is 12.9. The van der Waals surface area contributed by atoms with E-state index in [-0.39, 0.29) is 5.70 Å². The van der Waals surface area contributed by atoms with Crippen LogP contribution < -0.4 is 4.74 Å². The van der Waals surface area contributed by atoms with E-state index in [4.69, 9.17) is 9.47 Å². The van der Waals surface area contributed by atoms with Crippen LogP contribution >= 0.6 is 31.9 Å². The van der Waals surface area contributed by atoms with E-state index < -0.39 is 5.97 Å². The van der Waals surface area contributed by atoms with Crippen molar-refractivity contribution < 1.29 is 14.3 Å². The lowest BCUT2D eigenvalue weighted by Crippen LogP contribution is -2.05. The summed E-state index contributed by atoms with van der Waals surface area (Å²) in [7, 11) is 0. The Kier molecular flexibility index (Phi) is 6.39. The number of hydrogen-bond acceptors (Lipinski definition) is 4. The molecule has 1 aliphatic heterocycles. The van der Waals surface area contributed by atoms with Gasteiger partial charge in [-0.15, -0.1) is 0 Å². The molecule has 4 rings (SSSR count). The summed E-state index contributed by atoms with van der Waals surface area (Å²) in [5.41, 5.74) is 5.25. The van der Waals surface area contributed by atoms with Crippen LogP contribution in [0.2, 0.25) is 0 Å². The molecule has 4 nitrogen and oxygen atoms in total. The fraction of sp³-hybridized carbons (Fsp3) is 0.120. The number of nitrogens with zero attached hydrogens (tertiary/aromatic N) is 1. The summed E-state index contributed by atoms with van der Waals surface area (Å²) in [5, 5.41) is 0. The number of aryl methyl sites for hydroxylation is 2. The van der Waals surface area contributed by atoms with Crippen molar-refractivity contribution in [3.05, 3.63) is 103 Å². The molecule has 0 radical (unpaired) electrons. The Morgan fingerprint density at radius 3 is 2.35 bits per heavy atom. The van der Waals surface area contributed by atoms with Crippen molar-refractivity contribution in [3.8, 4) is 5.75 Å². The number of rotatable bonds is 5. The molecule has 0 bridgehead atoms. The molecule has 0 spiro atoms. The molecule has 156 valence electrons. The van der Waals surface area contributed by atoms with Gasteiger partial charge in [0.1, 0.15) is 12.4 Å². The van der Waals surface area contributed by atoms with Crippen LogP contribution in [-0.4, -0.2) is 11.9 Å². The van der Waals surface area contributed by atoms with Crippen LogP contribution in [-0.2, 0) is 16.1 Å². The highest BCUT2D eigenvalue weighted by molar-refractivity contribution is 9.11. The van der Waals surface area contributed by atoms with Gasteiger partial charge in [-0.2, -0.15) is 0 Å². The van der Waals surface area contributed by atoms with Crippen molar-refractivity contribution in [3.63, 3.8) is 0 Å². The van der Waals surface area contributed by atoms with Crippen molar-refractivity contribution in [2.24, 2.45) is 4.99 Å². The average Bonchev–Trinajstić information content (AvgIpc) is 3.09. The molecule has 0 unspecified atom stereocenters. The average molecular weight is 541 g/mol. The monoisotopic (exact) mass is 539 g/mol. The van der Waals surface area contributed by atoms with Crippen LogP contribution in [0.15, 0.2) is 80.3 Å². The predicted octanol–water partition coefficient (Wildman–Crippen LogP) is 6.75. The van der Waals surface area contributed by atoms with E-state index in [0.29, 0.717) is 18.3 Å². The molecule has 3 aromatic rings. The number of aliphatic imine (C=N–C) groups is 1. The normalized spacial score (nSPS) is 14.5. The number of carbonyl (C=O) groups excluding carboxylic acids is 1. The lowest BCUT2D eigenvalue weighted by atomic mass is 10.1. The highest BCUT2D eigenvalue weighted by Gasteiger charge is 2.24. The summed E-state index contributed by atoms with van der Waals surface area (Å²) in [6, 6.07) is 19.6. The van der Waals surface area contributed by atoms with E-state index in [9.17, 15) is 4.79 Å². The molecule has 0 saturated heterocycles. The molecule has 0 aliphatic carbocycles. The zero-order valence-corrected chi connectivity index (χ0v) is 20.2. The molecule has 3 aromatic carbocycles. The van der Waals surface area contributed by atoms with E-state index in [1.54, 1.807) is 6.08 Å². The van der Waals surface area contributed by atoms with Crippen molar-refractivity contribution in [2.75, 3.05) is 0 Å². The Hall–Kier alpha value is -2.70. The number of benzene rings is 3.